The lowest BCUT2D eigenvalue weighted by Gasteiger charge is -2.28. The van der Waals surface area contributed by atoms with Crippen molar-refractivity contribution in [2.75, 3.05) is 19.8 Å². The largest absolute Gasteiger partial charge is 0.492 e. The van der Waals surface area contributed by atoms with E-state index in [2.05, 4.69) is 12.2 Å². The number of hydrogen-bond acceptors (Lipinski definition) is 3. The molecule has 1 aromatic carbocycles. The van der Waals surface area contributed by atoms with Crippen LogP contribution >= 0.6 is 11.6 Å². The molecular weight excluding hydrogens is 226 g/mol. The number of rotatable bonds is 3. The Morgan fingerprint density at radius 2 is 2.38 bits per heavy atom. The van der Waals surface area contributed by atoms with Crippen molar-refractivity contribution in [3.05, 3.63) is 29.3 Å². The molecule has 3 nitrogen and oxygen atoms in total. The van der Waals surface area contributed by atoms with E-state index in [1.165, 1.54) is 0 Å². The van der Waals surface area contributed by atoms with Gasteiger partial charge in [-0.15, -0.1) is 0 Å². The Morgan fingerprint density at radius 1 is 1.50 bits per heavy atom. The van der Waals surface area contributed by atoms with Crippen molar-refractivity contribution >= 4 is 11.6 Å². The summed E-state index contributed by atoms with van der Waals surface area (Å²) >= 11 is 5.87. The highest BCUT2D eigenvalue weighted by molar-refractivity contribution is 6.30. The SMILES string of the molecule is CC1COCC(COc2cccc(Cl)c2)N1. The van der Waals surface area contributed by atoms with E-state index in [0.717, 1.165) is 12.4 Å². The molecular formula is C12H16ClNO2. The van der Waals surface area contributed by atoms with Crippen LogP contribution in [0.5, 0.6) is 5.75 Å². The first-order chi connectivity index (χ1) is 7.74. The van der Waals surface area contributed by atoms with E-state index in [1.54, 1.807) is 0 Å². The van der Waals surface area contributed by atoms with Crippen LogP contribution in [0.25, 0.3) is 0 Å². The lowest BCUT2D eigenvalue weighted by molar-refractivity contribution is 0.0353. The van der Waals surface area contributed by atoms with Gasteiger partial charge in [0.15, 0.2) is 0 Å². The molecule has 1 fully saturated rings. The average molecular weight is 242 g/mol. The molecule has 1 N–H and O–H groups in total. The molecule has 2 rings (SSSR count). The zero-order valence-corrected chi connectivity index (χ0v) is 10.0. The molecule has 0 amide bonds. The molecule has 1 saturated heterocycles. The van der Waals surface area contributed by atoms with Crippen molar-refractivity contribution in [2.24, 2.45) is 0 Å². The fraction of sp³-hybridized carbons (Fsp3) is 0.500. The maximum atomic E-state index is 5.87. The lowest BCUT2D eigenvalue weighted by Crippen LogP contribution is -2.50. The molecule has 2 atom stereocenters. The molecule has 0 aliphatic carbocycles. The van der Waals surface area contributed by atoms with Gasteiger partial charge in [0.05, 0.1) is 19.3 Å². The van der Waals surface area contributed by atoms with Crippen molar-refractivity contribution in [3.63, 3.8) is 0 Å². The van der Waals surface area contributed by atoms with Gasteiger partial charge >= 0.3 is 0 Å². The van der Waals surface area contributed by atoms with E-state index in [1.807, 2.05) is 24.3 Å². The first-order valence-corrected chi connectivity index (χ1v) is 5.84. The van der Waals surface area contributed by atoms with Gasteiger partial charge in [0.25, 0.3) is 0 Å². The Balaban J connectivity index is 1.82. The first kappa shape index (κ1) is 11.7. The Kier molecular flexibility index (Phi) is 4.04. The van der Waals surface area contributed by atoms with Crippen LogP contribution in [0.15, 0.2) is 24.3 Å². The number of hydrogen-bond donors (Lipinski definition) is 1. The van der Waals surface area contributed by atoms with Crippen LogP contribution in [0.2, 0.25) is 5.02 Å². The molecule has 0 saturated carbocycles. The van der Waals surface area contributed by atoms with Gasteiger partial charge in [-0.1, -0.05) is 17.7 Å². The van der Waals surface area contributed by atoms with Gasteiger partial charge in [-0.05, 0) is 25.1 Å². The van der Waals surface area contributed by atoms with Gasteiger partial charge in [-0.25, -0.2) is 0 Å². The van der Waals surface area contributed by atoms with Crippen molar-refractivity contribution in [2.45, 2.75) is 19.0 Å². The minimum absolute atomic E-state index is 0.253. The summed E-state index contributed by atoms with van der Waals surface area (Å²) in [5, 5.41) is 4.11. The van der Waals surface area contributed by atoms with Gasteiger partial charge < -0.3 is 14.8 Å². The molecule has 0 aromatic heterocycles. The highest BCUT2D eigenvalue weighted by atomic mass is 35.5. The number of nitrogens with one attached hydrogen (secondary N) is 1. The standard InChI is InChI=1S/C12H16ClNO2/c1-9-6-15-7-11(14-9)8-16-12-4-2-3-10(13)5-12/h2-5,9,11,14H,6-8H2,1H3. The van der Waals surface area contributed by atoms with Crippen molar-refractivity contribution in [1.82, 2.24) is 5.32 Å². The Labute approximate surface area is 101 Å². The Bertz CT molecular complexity index is 346. The van der Waals surface area contributed by atoms with Crippen molar-refractivity contribution in [3.8, 4) is 5.75 Å². The molecule has 1 heterocycles. The van der Waals surface area contributed by atoms with Crippen molar-refractivity contribution in [1.29, 1.82) is 0 Å². The number of morpholine rings is 1. The number of halogens is 1. The molecule has 4 heteroatoms. The third kappa shape index (κ3) is 3.37. The third-order valence-corrected chi connectivity index (χ3v) is 2.69. The van der Waals surface area contributed by atoms with Crippen LogP contribution < -0.4 is 10.1 Å². The van der Waals surface area contributed by atoms with Crippen LogP contribution in [0.3, 0.4) is 0 Å². The minimum Gasteiger partial charge on any atom is -0.492 e. The van der Waals surface area contributed by atoms with E-state index in [4.69, 9.17) is 21.1 Å². The highest BCUT2D eigenvalue weighted by Crippen LogP contribution is 2.17. The Hall–Kier alpha value is -0.770. The minimum atomic E-state index is 0.253. The summed E-state index contributed by atoms with van der Waals surface area (Å²) in [6, 6.07) is 8.07. The summed E-state index contributed by atoms with van der Waals surface area (Å²) < 4.78 is 11.1. The first-order valence-electron chi connectivity index (χ1n) is 5.46. The normalized spacial score (nSPS) is 25.4. The molecule has 1 aromatic rings. The van der Waals surface area contributed by atoms with Gasteiger partial charge in [0, 0.05) is 11.1 Å². The maximum absolute atomic E-state index is 5.87. The smallest absolute Gasteiger partial charge is 0.120 e. The van der Waals surface area contributed by atoms with Crippen molar-refractivity contribution < 1.29 is 9.47 Å². The molecule has 0 spiro atoms. The zero-order chi connectivity index (χ0) is 11.4. The van der Waals surface area contributed by atoms with Crippen LogP contribution in [0.1, 0.15) is 6.92 Å². The van der Waals surface area contributed by atoms with Crippen LogP contribution in [-0.2, 0) is 4.74 Å². The molecule has 2 unspecified atom stereocenters. The summed E-state index contributed by atoms with van der Waals surface area (Å²) in [5.74, 6) is 0.799. The second-order valence-electron chi connectivity index (χ2n) is 4.07. The van der Waals surface area contributed by atoms with Crippen LogP contribution in [-0.4, -0.2) is 31.9 Å². The third-order valence-electron chi connectivity index (χ3n) is 2.45. The summed E-state index contributed by atoms with van der Waals surface area (Å²) in [7, 11) is 0. The summed E-state index contributed by atoms with van der Waals surface area (Å²) in [6.07, 6.45) is 0. The monoisotopic (exact) mass is 241 g/mol. The molecule has 0 bridgehead atoms. The number of benzene rings is 1. The van der Waals surface area contributed by atoms with E-state index >= 15 is 0 Å². The lowest BCUT2D eigenvalue weighted by atomic mass is 10.2. The van der Waals surface area contributed by atoms with Gasteiger partial charge in [0.2, 0.25) is 0 Å². The number of ether oxygens (including phenoxy) is 2. The molecule has 88 valence electrons. The van der Waals surface area contributed by atoms with Gasteiger partial charge in [0.1, 0.15) is 12.4 Å². The second kappa shape index (κ2) is 5.53. The quantitative estimate of drug-likeness (QED) is 0.879. The molecule has 1 aliphatic rings. The summed E-state index contributed by atoms with van der Waals surface area (Å²) in [6.45, 7) is 4.18. The van der Waals surface area contributed by atoms with E-state index in [0.29, 0.717) is 24.3 Å². The van der Waals surface area contributed by atoms with Gasteiger partial charge in [-0.3, -0.25) is 0 Å². The average Bonchev–Trinajstić information content (AvgIpc) is 2.27. The summed E-state index contributed by atoms with van der Waals surface area (Å²) in [4.78, 5) is 0. The second-order valence-corrected chi connectivity index (χ2v) is 4.51. The fourth-order valence-electron chi connectivity index (χ4n) is 1.74. The molecule has 0 radical (unpaired) electrons. The van der Waals surface area contributed by atoms with E-state index < -0.39 is 0 Å². The predicted octanol–water partition coefficient (Wildman–Crippen LogP) is 2.10. The van der Waals surface area contributed by atoms with E-state index in [-0.39, 0.29) is 6.04 Å². The molecule has 16 heavy (non-hydrogen) atoms. The maximum Gasteiger partial charge on any atom is 0.120 e. The predicted molar refractivity (Wildman–Crippen MR) is 64.2 cm³/mol. The van der Waals surface area contributed by atoms with Crippen LogP contribution in [0, 0.1) is 0 Å². The topological polar surface area (TPSA) is 30.5 Å². The fourth-order valence-corrected chi connectivity index (χ4v) is 1.92. The zero-order valence-electron chi connectivity index (χ0n) is 9.28. The molecule has 1 aliphatic heterocycles. The Morgan fingerprint density at radius 3 is 3.12 bits per heavy atom. The van der Waals surface area contributed by atoms with E-state index in [9.17, 15) is 0 Å². The van der Waals surface area contributed by atoms with Crippen LogP contribution in [0.4, 0.5) is 0 Å². The summed E-state index contributed by atoms with van der Waals surface area (Å²) in [5.41, 5.74) is 0. The highest BCUT2D eigenvalue weighted by Gasteiger charge is 2.18. The van der Waals surface area contributed by atoms with Gasteiger partial charge in [-0.2, -0.15) is 0 Å².